The Morgan fingerprint density at radius 1 is 0.356 bits per heavy atom. The van der Waals surface area contributed by atoms with Crippen molar-refractivity contribution >= 4 is 159 Å². The second-order valence-electron chi connectivity index (χ2n) is 41.3. The highest BCUT2D eigenvalue weighted by molar-refractivity contribution is 7.95. The SMILES string of the molecule is CC[C@@H](C)C(=O)N[C@@H](CC)C(=O)N1CCC[C@H]1C(=O)Nc1snnc1-c1ccccc1.CC[C@@H](C)C(=O)N[C@H](C(=O)N1CCC[C@H]1C(=O)Nc1sc([S+](O)C(C)(C)C)nc1-c1ccccc1)C1CCCCC1.CC[C@@H](C)C(=O)N[C@H](C(=O)N1CCC[C@H]1C(=O)Nc1sc([S+](O)C(C)(C)C)nc1-c1ccccc1)C1CCCCC1.CC[C@@H](C)C(=O)N[C@H](C(=O)N1CCC[C@H]1C(=O)Nc1snnc1-c1ccccc1)C(C)(C)O. The molecular weight excluding hydrogens is 1970 g/mol. The molecule has 4 aromatic heterocycles. The summed E-state index contributed by atoms with van der Waals surface area (Å²) in [6.07, 6.45) is 18.4. The Hall–Kier alpha value is -10.5. The second kappa shape index (κ2) is 54.1. The lowest BCUT2D eigenvalue weighted by molar-refractivity contribution is -0.146. The first-order chi connectivity index (χ1) is 69.6. The largest absolute Gasteiger partial charge is 0.388 e. The van der Waals surface area contributed by atoms with E-state index >= 15 is 0 Å². The van der Waals surface area contributed by atoms with Crippen LogP contribution in [-0.2, 0) is 79.9 Å². The van der Waals surface area contributed by atoms with Gasteiger partial charge in [-0.25, -0.2) is 0 Å². The molecule has 11 N–H and O–H groups in total. The average molecular weight is 2120 g/mol. The number of hydrogen-bond acceptors (Lipinski definition) is 25. The van der Waals surface area contributed by atoms with E-state index in [1.807, 2.05) is 218 Å². The van der Waals surface area contributed by atoms with E-state index in [1.54, 1.807) is 21.6 Å². The van der Waals surface area contributed by atoms with Gasteiger partial charge in [-0.3, -0.25) is 57.5 Å². The average Bonchev–Trinajstić information content (AvgIpc) is 1.66. The quantitative estimate of drug-likeness (QED) is 0.0167. The van der Waals surface area contributed by atoms with Crippen LogP contribution in [0.3, 0.4) is 0 Å². The Kier molecular flexibility index (Phi) is 42.9. The molecule has 14 atom stereocenters. The first-order valence-electron chi connectivity index (χ1n) is 51.7. The molecule has 4 aromatic carbocycles. The van der Waals surface area contributed by atoms with Crippen LogP contribution in [0.15, 0.2) is 130 Å². The second-order valence-corrected chi connectivity index (χ2v) is 49.6. The molecule has 4 saturated heterocycles. The maximum Gasteiger partial charge on any atom is 0.341 e. The van der Waals surface area contributed by atoms with Gasteiger partial charge in [-0.2, -0.15) is 19.1 Å². The summed E-state index contributed by atoms with van der Waals surface area (Å²) in [5.41, 5.74) is 4.31. The maximum absolute atomic E-state index is 14.0. The number of nitrogens with one attached hydrogen (secondary N) is 8. The standard InChI is InChI=1S/2C31H44N4O4S2.C23H31N5O4S.C22H29N5O3S/c2*1-6-20(2)26(36)32-25(22-16-11-8-12-17-22)29(38)35-19-13-18-23(35)27(37)34-28-24(21-14-9-7-10-15-21)33-30(40-28)41(39)31(3,4)5;1-5-14(2)19(29)24-18(23(3,4)32)22(31)28-13-9-12-16(28)20(30)25-21-17(26-27-33-21)15-10-7-6-8-11-15;1-4-14(3)19(28)23-16(5-2)22(30)27-13-9-12-17(27)20(29)24-21-18(25-26-31-21)15-10-7-6-8-11-15/h2*7,9-10,14-15,20,22-23,25,39H,6,8,11-13,16-19H2,1-5H3,(H-,32,34,36,37);6-8,10-11,14,16,18,32H,5,9,12-13H2,1-4H3,(H,24,29)(H,25,30);6-8,10-11,14,16-17H,4-5,9,12-13H2,1-3H3,(H,23,28)(H,24,29)/p+2/t2*20-,23+,25+,41?;14-,16+,18-;14-,16+,17+/m1111/s1. The summed E-state index contributed by atoms with van der Waals surface area (Å²) < 4.78 is 30.3. The van der Waals surface area contributed by atoms with Gasteiger partial charge >= 0.3 is 8.68 Å². The molecule has 2 saturated carbocycles. The van der Waals surface area contributed by atoms with Crippen molar-refractivity contribution in [1.82, 2.24) is 70.0 Å². The van der Waals surface area contributed by atoms with Gasteiger partial charge in [-0.05, 0) is 199 Å². The Bertz CT molecular complexity index is 5500. The lowest BCUT2D eigenvalue weighted by Crippen LogP contribution is -2.60. The fourth-order valence-corrected chi connectivity index (χ4v) is 25.1. The van der Waals surface area contributed by atoms with Gasteiger partial charge in [0.25, 0.3) is 0 Å². The smallest absolute Gasteiger partial charge is 0.341 e. The lowest BCUT2D eigenvalue weighted by Gasteiger charge is -2.35. The summed E-state index contributed by atoms with van der Waals surface area (Å²) in [7, 11) is 0. The fraction of sp³-hybridized carbons (Fsp3) is 0.570. The van der Waals surface area contributed by atoms with Gasteiger partial charge in [0, 0.05) is 95.2 Å². The van der Waals surface area contributed by atoms with E-state index in [0.717, 1.165) is 129 Å². The van der Waals surface area contributed by atoms with Crippen molar-refractivity contribution in [3.8, 4) is 45.0 Å². The zero-order valence-corrected chi connectivity index (χ0v) is 92.3. The van der Waals surface area contributed by atoms with E-state index in [-0.39, 0.29) is 100 Å². The van der Waals surface area contributed by atoms with Crippen molar-refractivity contribution in [3.63, 3.8) is 0 Å². The van der Waals surface area contributed by atoms with E-state index in [4.69, 9.17) is 9.97 Å². The number of thiazole rings is 2. The fourth-order valence-electron chi connectivity index (χ4n) is 18.4. The molecule has 2 unspecified atom stereocenters. The number of amides is 12. The Labute approximate surface area is 881 Å². The normalized spacial score (nSPS) is 19.3. The third-order valence-electron chi connectivity index (χ3n) is 28.0. The highest BCUT2D eigenvalue weighted by Crippen LogP contribution is 2.44. The van der Waals surface area contributed by atoms with Crippen LogP contribution in [0.4, 0.5) is 20.0 Å². The summed E-state index contributed by atoms with van der Waals surface area (Å²) in [6, 6.07) is 32.6. The van der Waals surface area contributed by atoms with E-state index in [2.05, 4.69) is 61.7 Å². The van der Waals surface area contributed by atoms with Gasteiger partial charge in [-0.1, -0.05) is 231 Å². The minimum Gasteiger partial charge on any atom is -0.388 e. The Balaban J connectivity index is 0.000000187. The number of carbonyl (C=O) groups excluding carboxylic acids is 12. The van der Waals surface area contributed by atoms with Crippen LogP contribution in [0, 0.1) is 35.5 Å². The number of carbonyl (C=O) groups is 12. The van der Waals surface area contributed by atoms with Crippen LogP contribution in [0.2, 0.25) is 0 Å². The Morgan fingerprint density at radius 3 is 0.932 bits per heavy atom. The van der Waals surface area contributed by atoms with Crippen molar-refractivity contribution in [1.29, 1.82) is 0 Å². The monoisotopic (exact) mass is 2120 g/mol. The summed E-state index contributed by atoms with van der Waals surface area (Å²) in [5, 5.41) is 44.8. The van der Waals surface area contributed by atoms with Crippen LogP contribution in [0.5, 0.6) is 0 Å². The molecule has 14 rings (SSSR count). The van der Waals surface area contributed by atoms with Crippen LogP contribution in [-0.4, -0.2) is 223 Å². The molecule has 0 bridgehead atoms. The summed E-state index contributed by atoms with van der Waals surface area (Å²) in [6.45, 7) is 33.6. The van der Waals surface area contributed by atoms with Crippen molar-refractivity contribution in [2.75, 3.05) is 47.4 Å². The minimum absolute atomic E-state index is 0.0854. The number of rotatable bonds is 34. The van der Waals surface area contributed by atoms with E-state index in [0.29, 0.717) is 142 Å². The van der Waals surface area contributed by atoms with Crippen molar-refractivity contribution in [2.45, 2.75) is 337 Å². The van der Waals surface area contributed by atoms with Crippen molar-refractivity contribution in [2.24, 2.45) is 35.5 Å². The van der Waals surface area contributed by atoms with E-state index in [9.17, 15) is 71.7 Å². The van der Waals surface area contributed by atoms with Gasteiger partial charge in [-0.15, -0.1) is 10.2 Å². The van der Waals surface area contributed by atoms with Crippen molar-refractivity contribution in [3.05, 3.63) is 121 Å². The number of aromatic nitrogens is 6. The molecule has 146 heavy (non-hydrogen) atoms. The molecule has 0 spiro atoms. The number of likely N-dealkylation sites (tertiary alicyclic amines) is 4. The zero-order valence-electron chi connectivity index (χ0n) is 87.4. The number of aliphatic hydroxyl groups is 1. The Morgan fingerprint density at radius 2 is 0.637 bits per heavy atom. The summed E-state index contributed by atoms with van der Waals surface area (Å²) in [4.78, 5) is 175. The lowest BCUT2D eigenvalue weighted by atomic mass is 9.83. The molecule has 8 aromatic rings. The molecule has 6 aliphatic rings. The number of hydrogen-bond donors (Lipinski definition) is 11. The van der Waals surface area contributed by atoms with E-state index < -0.39 is 91.7 Å². The molecule has 0 radical (unpaired) electrons. The molecule has 8 heterocycles. The molecule has 39 heteroatoms. The number of nitrogens with zero attached hydrogens (tertiary/aromatic N) is 10. The highest BCUT2D eigenvalue weighted by atomic mass is 32.2. The van der Waals surface area contributed by atoms with Gasteiger partial charge in [0.05, 0.1) is 5.60 Å². The minimum atomic E-state index is -1.49. The van der Waals surface area contributed by atoms with Crippen LogP contribution in [0.1, 0.15) is 265 Å². The predicted octanol–water partition coefficient (Wildman–Crippen LogP) is 17.7. The van der Waals surface area contributed by atoms with Crippen LogP contribution in [0.25, 0.3) is 45.0 Å². The predicted molar refractivity (Wildman–Crippen MR) is 581 cm³/mol. The molecule has 12 amide bonds. The summed E-state index contributed by atoms with van der Waals surface area (Å²) >= 11 is 2.53. The third kappa shape index (κ3) is 30.4. The molecule has 4 aliphatic heterocycles. The highest BCUT2D eigenvalue weighted by Gasteiger charge is 2.49. The number of anilines is 4. The van der Waals surface area contributed by atoms with Gasteiger partial charge in [0.1, 0.15) is 91.1 Å². The first-order valence-corrected chi connectivity index (χ1v) is 57.3. The molecule has 6 fully saturated rings. The van der Waals surface area contributed by atoms with E-state index in [1.165, 1.54) is 41.4 Å². The molecule has 792 valence electrons. The van der Waals surface area contributed by atoms with Crippen LogP contribution >= 0.6 is 45.7 Å². The zero-order chi connectivity index (χ0) is 106. The molecule has 33 nitrogen and oxygen atoms in total. The van der Waals surface area contributed by atoms with Gasteiger partial charge in [0.15, 0.2) is 9.49 Å². The van der Waals surface area contributed by atoms with Gasteiger partial charge in [0.2, 0.25) is 93.2 Å². The summed E-state index contributed by atoms with van der Waals surface area (Å²) in [5.74, 6) is -3.34. The van der Waals surface area contributed by atoms with Crippen molar-refractivity contribution < 1.29 is 71.7 Å². The maximum atomic E-state index is 14.0. The first kappa shape index (κ1) is 116. The van der Waals surface area contributed by atoms with Gasteiger partial charge < -0.3 is 67.2 Å². The molecule has 2 aliphatic carbocycles. The van der Waals surface area contributed by atoms with Crippen LogP contribution < -0.4 is 42.5 Å². The topological polar surface area (TPSA) is 452 Å². The molecular formula is C107H150N18O15S6+2. The third-order valence-corrected chi connectivity index (χ3v) is 35.5. The number of benzene rings is 4.